The molecule has 0 unspecified atom stereocenters. The summed E-state index contributed by atoms with van der Waals surface area (Å²) >= 11 is 4.54. The molecule has 2 heteroatoms. The van der Waals surface area contributed by atoms with Crippen LogP contribution in [0.3, 0.4) is 0 Å². The fourth-order valence-corrected chi connectivity index (χ4v) is 1.58. The molecule has 0 aliphatic heterocycles. The lowest BCUT2D eigenvalue weighted by molar-refractivity contribution is 1.10. The number of aliphatic imine (C=N–C) groups is 1. The lowest BCUT2D eigenvalue weighted by Crippen LogP contribution is -1.86. The highest BCUT2D eigenvalue weighted by molar-refractivity contribution is 7.78. The largest absolute Gasteiger partial charge is 0.195 e. The summed E-state index contributed by atoms with van der Waals surface area (Å²) in [5, 5.41) is 2.35. The summed E-state index contributed by atoms with van der Waals surface area (Å²) in [5.74, 6) is 0.417. The van der Waals surface area contributed by atoms with Gasteiger partial charge in [0.2, 0.25) is 0 Å². The van der Waals surface area contributed by atoms with Gasteiger partial charge in [0.05, 0.1) is 10.8 Å². The molecule has 0 fully saturated rings. The second-order valence-electron chi connectivity index (χ2n) is 3.09. The Hall–Kier alpha value is -1.50. The van der Waals surface area contributed by atoms with Crippen molar-refractivity contribution in [2.75, 3.05) is 0 Å². The van der Waals surface area contributed by atoms with E-state index in [4.69, 9.17) is 0 Å². The minimum atomic E-state index is 0.417. The minimum absolute atomic E-state index is 0.417. The Morgan fingerprint density at radius 3 is 2.29 bits per heavy atom. The van der Waals surface area contributed by atoms with E-state index in [-0.39, 0.29) is 0 Å². The summed E-state index contributed by atoms with van der Waals surface area (Å²) in [7, 11) is 0. The molecular formula is C12H9NS. The molecule has 68 valence electrons. The first-order valence-corrected chi connectivity index (χ1v) is 4.84. The Morgan fingerprint density at radius 2 is 1.71 bits per heavy atom. The average Bonchev–Trinajstić information content (AvgIpc) is 2.72. The Labute approximate surface area is 88.5 Å². The summed E-state index contributed by atoms with van der Waals surface area (Å²) in [6.45, 7) is 0. The maximum Gasteiger partial charge on any atom is 0.0739 e. The molecule has 0 atom stereocenters. The van der Waals surface area contributed by atoms with E-state index >= 15 is 0 Å². The maximum absolute atomic E-state index is 4.54. The van der Waals surface area contributed by atoms with Crippen LogP contribution in [-0.2, 0) is 0 Å². The molecule has 14 heavy (non-hydrogen) atoms. The molecule has 1 aliphatic carbocycles. The van der Waals surface area contributed by atoms with E-state index in [0.29, 0.717) is 5.92 Å². The van der Waals surface area contributed by atoms with Gasteiger partial charge < -0.3 is 0 Å². The second kappa shape index (κ2) is 4.14. The van der Waals surface area contributed by atoms with Gasteiger partial charge in [-0.05, 0) is 29.9 Å². The molecule has 0 spiro atoms. The topological polar surface area (TPSA) is 12.4 Å². The number of hydrogen-bond donors (Lipinski definition) is 0. The molecule has 0 bridgehead atoms. The summed E-state index contributed by atoms with van der Waals surface area (Å²) in [5.41, 5.74) is 2.13. The summed E-state index contributed by atoms with van der Waals surface area (Å²) < 4.78 is 0. The molecule has 1 aromatic carbocycles. The monoisotopic (exact) mass is 199 g/mol. The van der Waals surface area contributed by atoms with E-state index < -0.39 is 0 Å². The van der Waals surface area contributed by atoms with Gasteiger partial charge in [0, 0.05) is 5.92 Å². The highest BCUT2D eigenvalue weighted by Gasteiger charge is 2.05. The van der Waals surface area contributed by atoms with E-state index in [0.717, 1.165) is 5.69 Å². The van der Waals surface area contributed by atoms with Crippen LogP contribution < -0.4 is 0 Å². The number of rotatable bonds is 2. The van der Waals surface area contributed by atoms with E-state index in [1.54, 1.807) is 0 Å². The highest BCUT2D eigenvalue weighted by atomic mass is 32.1. The second-order valence-corrected chi connectivity index (χ2v) is 3.27. The quantitative estimate of drug-likeness (QED) is 0.523. The van der Waals surface area contributed by atoms with Crippen molar-refractivity contribution in [3.8, 4) is 0 Å². The van der Waals surface area contributed by atoms with Crippen LogP contribution in [0.25, 0.3) is 0 Å². The van der Waals surface area contributed by atoms with Gasteiger partial charge in [-0.15, -0.1) is 0 Å². The Morgan fingerprint density at radius 1 is 1.07 bits per heavy atom. The predicted molar refractivity (Wildman–Crippen MR) is 62.1 cm³/mol. The zero-order chi connectivity index (χ0) is 9.80. The first kappa shape index (κ1) is 9.07. The van der Waals surface area contributed by atoms with Gasteiger partial charge >= 0.3 is 0 Å². The van der Waals surface area contributed by atoms with Crippen LogP contribution in [0.4, 0.5) is 5.69 Å². The van der Waals surface area contributed by atoms with E-state index in [9.17, 15) is 0 Å². The number of nitrogens with zero attached hydrogens (tertiary/aromatic N) is 1. The van der Waals surface area contributed by atoms with Crippen molar-refractivity contribution in [3.63, 3.8) is 0 Å². The maximum atomic E-state index is 4.54. The molecule has 1 aliphatic rings. The molecule has 1 nitrogen and oxygen atoms in total. The van der Waals surface area contributed by atoms with Crippen molar-refractivity contribution in [2.24, 2.45) is 4.99 Å². The molecule has 0 amide bonds. The zero-order valence-electron chi connectivity index (χ0n) is 7.55. The zero-order valence-corrected chi connectivity index (χ0v) is 8.37. The van der Waals surface area contributed by atoms with E-state index in [1.807, 2.05) is 12.1 Å². The van der Waals surface area contributed by atoms with Gasteiger partial charge in [0.1, 0.15) is 0 Å². The fraction of sp³-hybridized carbons (Fsp3) is 0.0833. The third-order valence-electron chi connectivity index (χ3n) is 2.20. The number of thiocarbonyl (C=S) groups is 1. The van der Waals surface area contributed by atoms with Gasteiger partial charge in [0.25, 0.3) is 0 Å². The molecular weight excluding hydrogens is 190 g/mol. The van der Waals surface area contributed by atoms with Gasteiger partial charge in [-0.2, -0.15) is 4.99 Å². The van der Waals surface area contributed by atoms with Crippen molar-refractivity contribution in [1.29, 1.82) is 0 Å². The van der Waals surface area contributed by atoms with Crippen LogP contribution in [0, 0.1) is 0 Å². The molecule has 2 rings (SSSR count). The standard InChI is InChI=1S/C12H9NS/c14-9-13-12-7-5-11(6-8-12)10-3-1-2-4-10/h1-8,10H. The fourth-order valence-electron chi connectivity index (χ4n) is 1.48. The number of benzene rings is 1. The number of hydrogen-bond acceptors (Lipinski definition) is 2. The Balaban J connectivity index is 2.25. The van der Waals surface area contributed by atoms with Crippen molar-refractivity contribution in [1.82, 2.24) is 0 Å². The summed E-state index contributed by atoms with van der Waals surface area (Å²) in [6.07, 6.45) is 8.45. The van der Waals surface area contributed by atoms with Crippen molar-refractivity contribution in [3.05, 3.63) is 54.1 Å². The Bertz CT molecular complexity index is 410. The van der Waals surface area contributed by atoms with Crippen LogP contribution in [0.15, 0.2) is 53.6 Å². The number of isothiocyanates is 1. The van der Waals surface area contributed by atoms with Crippen LogP contribution in [-0.4, -0.2) is 5.16 Å². The molecule has 0 N–H and O–H groups in total. The van der Waals surface area contributed by atoms with Gasteiger partial charge in [-0.25, -0.2) is 0 Å². The number of allylic oxidation sites excluding steroid dienone is 4. The highest BCUT2D eigenvalue weighted by Crippen LogP contribution is 2.24. The molecule has 1 aromatic rings. The molecule has 0 saturated heterocycles. The lowest BCUT2D eigenvalue weighted by atomic mass is 10.0. The third kappa shape index (κ3) is 1.87. The lowest BCUT2D eigenvalue weighted by Gasteiger charge is -2.04. The average molecular weight is 199 g/mol. The van der Waals surface area contributed by atoms with Gasteiger partial charge in [-0.3, -0.25) is 0 Å². The minimum Gasteiger partial charge on any atom is -0.195 e. The SMILES string of the molecule is S=C=Nc1ccc(C2C=CC=C2)cc1. The van der Waals surface area contributed by atoms with E-state index in [2.05, 4.69) is 58.8 Å². The van der Waals surface area contributed by atoms with Crippen molar-refractivity contribution in [2.45, 2.75) is 5.92 Å². The van der Waals surface area contributed by atoms with Crippen LogP contribution >= 0.6 is 12.2 Å². The normalized spacial score (nSPS) is 14.3. The first-order chi connectivity index (χ1) is 6.90. The predicted octanol–water partition coefficient (Wildman–Crippen LogP) is 3.63. The molecule has 0 saturated carbocycles. The van der Waals surface area contributed by atoms with Crippen LogP contribution in [0.5, 0.6) is 0 Å². The molecule has 0 heterocycles. The molecule has 0 aromatic heterocycles. The molecule has 0 radical (unpaired) electrons. The smallest absolute Gasteiger partial charge is 0.0739 e. The Kier molecular flexibility index (Phi) is 2.68. The third-order valence-corrected chi connectivity index (χ3v) is 2.29. The van der Waals surface area contributed by atoms with Gasteiger partial charge in [0.15, 0.2) is 0 Å². The van der Waals surface area contributed by atoms with E-state index in [1.165, 1.54) is 5.56 Å². The summed E-state index contributed by atoms with van der Waals surface area (Å²) in [4.78, 5) is 3.90. The van der Waals surface area contributed by atoms with Crippen molar-refractivity contribution < 1.29 is 0 Å². The van der Waals surface area contributed by atoms with Crippen LogP contribution in [0.2, 0.25) is 0 Å². The van der Waals surface area contributed by atoms with Crippen LogP contribution in [0.1, 0.15) is 11.5 Å². The summed E-state index contributed by atoms with van der Waals surface area (Å²) in [6, 6.07) is 8.04. The van der Waals surface area contributed by atoms with Gasteiger partial charge in [-0.1, -0.05) is 36.4 Å². The van der Waals surface area contributed by atoms with Crippen molar-refractivity contribution >= 4 is 23.1 Å². The first-order valence-electron chi connectivity index (χ1n) is 4.43.